The van der Waals surface area contributed by atoms with Crippen molar-refractivity contribution in [1.82, 2.24) is 15.3 Å². The summed E-state index contributed by atoms with van der Waals surface area (Å²) >= 11 is 5.92. The smallest absolute Gasteiger partial charge is 0.159 e. The Labute approximate surface area is 111 Å². The minimum atomic E-state index is 0.594. The molecule has 0 aliphatic carbocycles. The largest absolute Gasteiger partial charge is 0.489 e. The van der Waals surface area contributed by atoms with Gasteiger partial charge in [0.05, 0.1) is 12.4 Å². The van der Waals surface area contributed by atoms with Gasteiger partial charge in [-0.1, -0.05) is 23.7 Å². The Balaban J connectivity index is 2.07. The second kappa shape index (κ2) is 6.33. The first-order valence-corrected chi connectivity index (χ1v) is 6.03. The van der Waals surface area contributed by atoms with E-state index in [1.54, 1.807) is 12.4 Å². The molecule has 0 spiro atoms. The van der Waals surface area contributed by atoms with Crippen molar-refractivity contribution in [2.75, 3.05) is 20.2 Å². The lowest BCUT2D eigenvalue weighted by Crippen LogP contribution is -2.16. The van der Waals surface area contributed by atoms with Crippen LogP contribution in [-0.4, -0.2) is 30.2 Å². The van der Waals surface area contributed by atoms with Gasteiger partial charge in [0, 0.05) is 17.1 Å². The molecule has 0 amide bonds. The molecule has 94 valence electrons. The maximum Gasteiger partial charge on any atom is 0.159 e. The van der Waals surface area contributed by atoms with Crippen molar-refractivity contribution in [2.45, 2.75) is 0 Å². The Kier molecular flexibility index (Phi) is 4.50. The average molecular weight is 264 g/mol. The minimum absolute atomic E-state index is 0.594. The third-order valence-electron chi connectivity index (χ3n) is 2.33. The molecule has 0 unspecified atom stereocenters. The van der Waals surface area contributed by atoms with Gasteiger partial charge in [-0.2, -0.15) is 0 Å². The van der Waals surface area contributed by atoms with Crippen LogP contribution >= 0.6 is 11.6 Å². The summed E-state index contributed by atoms with van der Waals surface area (Å²) in [6.45, 7) is 1.38. The molecule has 2 rings (SSSR count). The molecule has 4 nitrogen and oxygen atoms in total. The lowest BCUT2D eigenvalue weighted by Gasteiger charge is -2.05. The molecule has 1 heterocycles. The summed E-state index contributed by atoms with van der Waals surface area (Å²) in [6, 6.07) is 7.44. The standard InChI is InChI=1S/C13H14ClN3O/c1-15-5-6-18-12-8-16-13(17-9-12)10-3-2-4-11(14)7-10/h2-4,7-9,15H,5-6H2,1H3. The topological polar surface area (TPSA) is 47.0 Å². The SMILES string of the molecule is CNCCOc1cnc(-c2cccc(Cl)c2)nc1. The number of aromatic nitrogens is 2. The minimum Gasteiger partial charge on any atom is -0.489 e. The summed E-state index contributed by atoms with van der Waals surface area (Å²) < 4.78 is 5.45. The molecule has 1 N–H and O–H groups in total. The predicted molar refractivity (Wildman–Crippen MR) is 71.9 cm³/mol. The van der Waals surface area contributed by atoms with Gasteiger partial charge in [0.2, 0.25) is 0 Å². The monoisotopic (exact) mass is 263 g/mol. The number of hydrogen-bond donors (Lipinski definition) is 1. The molecule has 2 aromatic rings. The van der Waals surface area contributed by atoms with Gasteiger partial charge in [-0.05, 0) is 19.2 Å². The number of likely N-dealkylation sites (N-methyl/N-ethyl adjacent to an activating group) is 1. The molecular weight excluding hydrogens is 250 g/mol. The van der Waals surface area contributed by atoms with Crippen molar-refractivity contribution >= 4 is 11.6 Å². The van der Waals surface area contributed by atoms with Crippen LogP contribution in [0.3, 0.4) is 0 Å². The van der Waals surface area contributed by atoms with Crippen LogP contribution in [-0.2, 0) is 0 Å². The number of benzene rings is 1. The summed E-state index contributed by atoms with van der Waals surface area (Å²) in [5.74, 6) is 1.30. The summed E-state index contributed by atoms with van der Waals surface area (Å²) in [5.41, 5.74) is 0.893. The second-order valence-corrected chi connectivity index (χ2v) is 4.14. The van der Waals surface area contributed by atoms with Crippen molar-refractivity contribution in [3.8, 4) is 17.1 Å². The lowest BCUT2D eigenvalue weighted by molar-refractivity contribution is 0.316. The summed E-state index contributed by atoms with van der Waals surface area (Å²) in [4.78, 5) is 8.51. The average Bonchev–Trinajstić information content (AvgIpc) is 2.40. The number of halogens is 1. The zero-order valence-electron chi connectivity index (χ0n) is 10.1. The molecule has 5 heteroatoms. The van der Waals surface area contributed by atoms with Gasteiger partial charge in [0.25, 0.3) is 0 Å². The van der Waals surface area contributed by atoms with E-state index in [0.29, 0.717) is 23.2 Å². The molecule has 0 saturated heterocycles. The van der Waals surface area contributed by atoms with E-state index in [1.165, 1.54) is 0 Å². The van der Waals surface area contributed by atoms with Crippen LogP contribution in [0, 0.1) is 0 Å². The number of rotatable bonds is 5. The molecule has 0 saturated carbocycles. The van der Waals surface area contributed by atoms with Crippen molar-refractivity contribution in [3.63, 3.8) is 0 Å². The van der Waals surface area contributed by atoms with E-state index in [4.69, 9.17) is 16.3 Å². The fourth-order valence-corrected chi connectivity index (χ4v) is 1.63. The predicted octanol–water partition coefficient (Wildman–Crippen LogP) is 2.40. The van der Waals surface area contributed by atoms with Crippen LogP contribution in [0.1, 0.15) is 0 Å². The first kappa shape index (κ1) is 12.8. The maximum atomic E-state index is 5.92. The van der Waals surface area contributed by atoms with Crippen LogP contribution in [0.4, 0.5) is 0 Å². The fourth-order valence-electron chi connectivity index (χ4n) is 1.44. The molecule has 0 radical (unpaired) electrons. The number of nitrogens with zero attached hydrogens (tertiary/aromatic N) is 2. The molecule has 0 atom stereocenters. The Bertz CT molecular complexity index is 502. The first-order valence-electron chi connectivity index (χ1n) is 5.65. The highest BCUT2D eigenvalue weighted by molar-refractivity contribution is 6.30. The molecule has 0 aliphatic heterocycles. The normalized spacial score (nSPS) is 10.3. The van der Waals surface area contributed by atoms with E-state index in [0.717, 1.165) is 12.1 Å². The Morgan fingerprint density at radius 1 is 1.28 bits per heavy atom. The van der Waals surface area contributed by atoms with Crippen molar-refractivity contribution < 1.29 is 4.74 Å². The van der Waals surface area contributed by atoms with E-state index >= 15 is 0 Å². The van der Waals surface area contributed by atoms with Gasteiger partial charge < -0.3 is 10.1 Å². The Hall–Kier alpha value is -1.65. The zero-order valence-corrected chi connectivity index (χ0v) is 10.8. The highest BCUT2D eigenvalue weighted by Crippen LogP contribution is 2.20. The number of ether oxygens (including phenoxy) is 1. The quantitative estimate of drug-likeness (QED) is 0.842. The maximum absolute atomic E-state index is 5.92. The molecule has 18 heavy (non-hydrogen) atoms. The van der Waals surface area contributed by atoms with E-state index in [1.807, 2.05) is 31.3 Å². The molecule has 0 fully saturated rings. The van der Waals surface area contributed by atoms with Crippen molar-refractivity contribution in [1.29, 1.82) is 0 Å². The Morgan fingerprint density at radius 2 is 2.06 bits per heavy atom. The second-order valence-electron chi connectivity index (χ2n) is 3.70. The third kappa shape index (κ3) is 3.42. The molecular formula is C13H14ClN3O. The van der Waals surface area contributed by atoms with E-state index < -0.39 is 0 Å². The van der Waals surface area contributed by atoms with E-state index in [-0.39, 0.29) is 0 Å². The van der Waals surface area contributed by atoms with Crippen LogP contribution in [0.2, 0.25) is 5.02 Å². The number of nitrogens with one attached hydrogen (secondary N) is 1. The van der Waals surface area contributed by atoms with Crippen LogP contribution in [0.5, 0.6) is 5.75 Å². The van der Waals surface area contributed by atoms with Gasteiger partial charge in [-0.15, -0.1) is 0 Å². The number of hydrogen-bond acceptors (Lipinski definition) is 4. The lowest BCUT2D eigenvalue weighted by atomic mass is 10.2. The Morgan fingerprint density at radius 3 is 2.72 bits per heavy atom. The van der Waals surface area contributed by atoms with Crippen LogP contribution in [0.15, 0.2) is 36.7 Å². The third-order valence-corrected chi connectivity index (χ3v) is 2.57. The zero-order chi connectivity index (χ0) is 12.8. The highest BCUT2D eigenvalue weighted by Gasteiger charge is 2.02. The summed E-state index contributed by atoms with van der Waals surface area (Å²) in [5, 5.41) is 3.67. The van der Waals surface area contributed by atoms with Crippen LogP contribution < -0.4 is 10.1 Å². The highest BCUT2D eigenvalue weighted by atomic mass is 35.5. The first-order chi connectivity index (χ1) is 8.79. The van der Waals surface area contributed by atoms with Gasteiger partial charge in [-0.25, -0.2) is 9.97 Å². The van der Waals surface area contributed by atoms with Gasteiger partial charge >= 0.3 is 0 Å². The summed E-state index contributed by atoms with van der Waals surface area (Å²) in [6.07, 6.45) is 3.33. The van der Waals surface area contributed by atoms with Crippen molar-refractivity contribution in [3.05, 3.63) is 41.7 Å². The molecule has 1 aromatic heterocycles. The van der Waals surface area contributed by atoms with Crippen molar-refractivity contribution in [2.24, 2.45) is 0 Å². The van der Waals surface area contributed by atoms with Crippen LogP contribution in [0.25, 0.3) is 11.4 Å². The molecule has 0 aliphatic rings. The van der Waals surface area contributed by atoms with Gasteiger partial charge in [0.1, 0.15) is 6.61 Å². The van der Waals surface area contributed by atoms with E-state index in [2.05, 4.69) is 15.3 Å². The van der Waals surface area contributed by atoms with Gasteiger partial charge in [-0.3, -0.25) is 0 Å². The van der Waals surface area contributed by atoms with Gasteiger partial charge in [0.15, 0.2) is 11.6 Å². The van der Waals surface area contributed by atoms with E-state index in [9.17, 15) is 0 Å². The fraction of sp³-hybridized carbons (Fsp3) is 0.231. The molecule has 0 bridgehead atoms. The summed E-state index contributed by atoms with van der Waals surface area (Å²) in [7, 11) is 1.88. The molecule has 1 aromatic carbocycles.